The fraction of sp³-hybridized carbons (Fsp3) is 0.600. The lowest BCUT2D eigenvalue weighted by Gasteiger charge is -2.37. The summed E-state index contributed by atoms with van der Waals surface area (Å²) in [7, 11) is 2.15. The van der Waals surface area contributed by atoms with E-state index in [2.05, 4.69) is 11.9 Å². The molecule has 1 saturated carbocycles. The Balaban J connectivity index is 2.02. The van der Waals surface area contributed by atoms with Crippen LogP contribution >= 0.6 is 11.6 Å². The molecular weight excluding hydrogens is 260 g/mol. The number of halogens is 1. The van der Waals surface area contributed by atoms with E-state index in [0.717, 1.165) is 18.7 Å². The Bertz CT molecular complexity index is 425. The van der Waals surface area contributed by atoms with Gasteiger partial charge < -0.3 is 10.8 Å². The minimum Gasteiger partial charge on any atom is -0.506 e. The molecule has 2 unspecified atom stereocenters. The second kappa shape index (κ2) is 6.60. The van der Waals surface area contributed by atoms with E-state index in [9.17, 15) is 5.11 Å². The van der Waals surface area contributed by atoms with Crippen LogP contribution in [0, 0.1) is 5.92 Å². The topological polar surface area (TPSA) is 49.5 Å². The molecule has 0 aromatic heterocycles. The van der Waals surface area contributed by atoms with Gasteiger partial charge in [-0.1, -0.05) is 30.5 Å². The van der Waals surface area contributed by atoms with E-state index in [1.807, 2.05) is 12.1 Å². The van der Waals surface area contributed by atoms with Crippen molar-refractivity contribution in [2.24, 2.45) is 11.7 Å². The van der Waals surface area contributed by atoms with Crippen molar-refractivity contribution in [3.63, 3.8) is 0 Å². The number of phenols is 1. The maximum absolute atomic E-state index is 9.44. The highest BCUT2D eigenvalue weighted by molar-refractivity contribution is 6.32. The van der Waals surface area contributed by atoms with Crippen molar-refractivity contribution in [3.8, 4) is 5.75 Å². The molecule has 0 spiro atoms. The fourth-order valence-electron chi connectivity index (χ4n) is 3.10. The van der Waals surface area contributed by atoms with Crippen LogP contribution in [0.5, 0.6) is 5.75 Å². The maximum atomic E-state index is 9.44. The molecule has 1 fully saturated rings. The summed E-state index contributed by atoms with van der Waals surface area (Å²) in [5, 5.41) is 9.87. The quantitative estimate of drug-likeness (QED) is 0.893. The first-order chi connectivity index (χ1) is 9.11. The Kier molecular flexibility index (Phi) is 5.08. The largest absolute Gasteiger partial charge is 0.506 e. The molecule has 2 atom stereocenters. The lowest BCUT2D eigenvalue weighted by molar-refractivity contribution is 0.127. The van der Waals surface area contributed by atoms with Gasteiger partial charge in [-0.15, -0.1) is 0 Å². The van der Waals surface area contributed by atoms with Crippen molar-refractivity contribution in [3.05, 3.63) is 28.8 Å². The number of aromatic hydroxyl groups is 1. The van der Waals surface area contributed by atoms with Gasteiger partial charge in [0.05, 0.1) is 5.02 Å². The molecule has 3 N–H and O–H groups in total. The third-order valence-electron chi connectivity index (χ3n) is 4.18. The van der Waals surface area contributed by atoms with Crippen LogP contribution in [-0.2, 0) is 6.54 Å². The third kappa shape index (κ3) is 3.62. The van der Waals surface area contributed by atoms with E-state index in [-0.39, 0.29) is 5.75 Å². The Morgan fingerprint density at radius 1 is 1.37 bits per heavy atom. The molecule has 4 heteroatoms. The van der Waals surface area contributed by atoms with Crippen molar-refractivity contribution in [1.29, 1.82) is 0 Å². The predicted molar refractivity (Wildman–Crippen MR) is 79.4 cm³/mol. The van der Waals surface area contributed by atoms with Gasteiger partial charge in [0.15, 0.2) is 0 Å². The van der Waals surface area contributed by atoms with E-state index < -0.39 is 0 Å². The van der Waals surface area contributed by atoms with E-state index in [4.69, 9.17) is 17.3 Å². The monoisotopic (exact) mass is 282 g/mol. The molecule has 1 aromatic carbocycles. The first kappa shape index (κ1) is 14.6. The van der Waals surface area contributed by atoms with Crippen LogP contribution in [0.4, 0.5) is 0 Å². The normalized spacial score (nSPS) is 23.8. The Labute approximate surface area is 120 Å². The molecule has 1 aliphatic carbocycles. The summed E-state index contributed by atoms with van der Waals surface area (Å²) in [5.74, 6) is 0.747. The summed E-state index contributed by atoms with van der Waals surface area (Å²) < 4.78 is 0. The molecule has 19 heavy (non-hydrogen) atoms. The molecule has 2 rings (SSSR count). The van der Waals surface area contributed by atoms with E-state index in [1.54, 1.807) is 6.07 Å². The van der Waals surface area contributed by atoms with Gasteiger partial charge in [0, 0.05) is 12.6 Å². The molecule has 0 saturated heterocycles. The van der Waals surface area contributed by atoms with Crippen LogP contribution in [0.2, 0.25) is 5.02 Å². The molecule has 0 heterocycles. The Morgan fingerprint density at radius 3 is 2.79 bits per heavy atom. The Hall–Kier alpha value is -0.770. The van der Waals surface area contributed by atoms with Crippen LogP contribution < -0.4 is 5.73 Å². The highest BCUT2D eigenvalue weighted by Crippen LogP contribution is 2.29. The van der Waals surface area contributed by atoms with Gasteiger partial charge in [-0.05, 0) is 50.0 Å². The molecule has 0 radical (unpaired) electrons. The number of phenolic OH excluding ortho intramolecular Hbond substituents is 1. The molecule has 106 valence electrons. The molecular formula is C15H23ClN2O. The van der Waals surface area contributed by atoms with E-state index in [1.165, 1.54) is 25.7 Å². The van der Waals surface area contributed by atoms with Gasteiger partial charge in [0.25, 0.3) is 0 Å². The SMILES string of the molecule is CN(Cc1ccc(O)c(Cl)c1)C1CCCCC1CN. The standard InChI is InChI=1S/C15H23ClN2O/c1-18(14-5-3-2-4-12(14)9-17)10-11-6-7-15(19)13(16)8-11/h6-8,12,14,19H,2-5,9-10,17H2,1H3. The summed E-state index contributed by atoms with van der Waals surface area (Å²) in [6.45, 7) is 1.62. The van der Waals surface area contributed by atoms with Crippen LogP contribution in [0.1, 0.15) is 31.2 Å². The number of nitrogens with zero attached hydrogens (tertiary/aromatic N) is 1. The van der Waals surface area contributed by atoms with Crippen molar-refractivity contribution >= 4 is 11.6 Å². The van der Waals surface area contributed by atoms with Crippen molar-refractivity contribution in [2.45, 2.75) is 38.3 Å². The van der Waals surface area contributed by atoms with Crippen molar-refractivity contribution in [1.82, 2.24) is 4.90 Å². The number of hydrogen-bond acceptors (Lipinski definition) is 3. The highest BCUT2D eigenvalue weighted by Gasteiger charge is 2.27. The number of benzene rings is 1. The summed E-state index contributed by atoms with van der Waals surface area (Å²) in [5.41, 5.74) is 7.02. The highest BCUT2D eigenvalue weighted by atomic mass is 35.5. The zero-order valence-electron chi connectivity index (χ0n) is 11.5. The minimum absolute atomic E-state index is 0.144. The summed E-state index contributed by atoms with van der Waals surface area (Å²) >= 11 is 5.95. The van der Waals surface area contributed by atoms with E-state index >= 15 is 0 Å². The maximum Gasteiger partial charge on any atom is 0.134 e. The van der Waals surface area contributed by atoms with Crippen LogP contribution in [0.25, 0.3) is 0 Å². The van der Waals surface area contributed by atoms with E-state index in [0.29, 0.717) is 17.0 Å². The molecule has 0 aliphatic heterocycles. The average molecular weight is 283 g/mol. The van der Waals surface area contributed by atoms with Gasteiger partial charge >= 0.3 is 0 Å². The van der Waals surface area contributed by atoms with Gasteiger partial charge in [-0.2, -0.15) is 0 Å². The number of hydrogen-bond donors (Lipinski definition) is 2. The first-order valence-electron chi connectivity index (χ1n) is 6.99. The fourth-order valence-corrected chi connectivity index (χ4v) is 3.30. The lowest BCUT2D eigenvalue weighted by atomic mass is 9.83. The van der Waals surface area contributed by atoms with Gasteiger partial charge in [-0.3, -0.25) is 4.90 Å². The molecule has 0 bridgehead atoms. The molecule has 1 aromatic rings. The summed E-state index contributed by atoms with van der Waals surface area (Å²) in [6, 6.07) is 5.99. The zero-order valence-corrected chi connectivity index (χ0v) is 12.2. The molecule has 0 amide bonds. The van der Waals surface area contributed by atoms with Gasteiger partial charge in [0.1, 0.15) is 5.75 Å². The predicted octanol–water partition coefficient (Wildman–Crippen LogP) is 2.99. The van der Waals surface area contributed by atoms with Crippen LogP contribution in [-0.4, -0.2) is 29.6 Å². The third-order valence-corrected chi connectivity index (χ3v) is 4.48. The van der Waals surface area contributed by atoms with Gasteiger partial charge in [-0.25, -0.2) is 0 Å². The minimum atomic E-state index is 0.144. The molecule has 3 nitrogen and oxygen atoms in total. The van der Waals surface area contributed by atoms with Crippen LogP contribution in [0.3, 0.4) is 0 Å². The average Bonchev–Trinajstić information content (AvgIpc) is 2.43. The second-order valence-electron chi connectivity index (χ2n) is 5.55. The number of rotatable bonds is 4. The second-order valence-corrected chi connectivity index (χ2v) is 5.96. The van der Waals surface area contributed by atoms with Gasteiger partial charge in [0.2, 0.25) is 0 Å². The Morgan fingerprint density at radius 2 is 2.11 bits per heavy atom. The summed E-state index contributed by atoms with van der Waals surface area (Å²) in [6.07, 6.45) is 5.06. The van der Waals surface area contributed by atoms with Crippen molar-refractivity contribution in [2.75, 3.05) is 13.6 Å². The zero-order chi connectivity index (χ0) is 13.8. The number of nitrogens with two attached hydrogens (primary N) is 1. The van der Waals surface area contributed by atoms with Crippen LogP contribution in [0.15, 0.2) is 18.2 Å². The summed E-state index contributed by atoms with van der Waals surface area (Å²) in [4.78, 5) is 2.37. The smallest absolute Gasteiger partial charge is 0.134 e. The van der Waals surface area contributed by atoms with Crippen molar-refractivity contribution < 1.29 is 5.11 Å². The first-order valence-corrected chi connectivity index (χ1v) is 7.37. The molecule has 1 aliphatic rings. The lowest BCUT2D eigenvalue weighted by Crippen LogP contribution is -2.42.